The van der Waals surface area contributed by atoms with Crippen molar-refractivity contribution in [3.05, 3.63) is 48.3 Å². The summed E-state index contributed by atoms with van der Waals surface area (Å²) in [7, 11) is 0. The monoisotopic (exact) mass is 201 g/mol. The molecule has 0 aliphatic heterocycles. The van der Waals surface area contributed by atoms with E-state index >= 15 is 0 Å². The quantitative estimate of drug-likeness (QED) is 0.698. The van der Waals surface area contributed by atoms with Crippen molar-refractivity contribution in [1.82, 2.24) is 4.98 Å². The van der Waals surface area contributed by atoms with Crippen molar-refractivity contribution in [2.24, 2.45) is 0 Å². The molecule has 0 spiro atoms. The lowest BCUT2D eigenvalue weighted by Crippen LogP contribution is -1.82. The highest BCUT2D eigenvalue weighted by Gasteiger charge is 1.97. The molecule has 14 heavy (non-hydrogen) atoms. The van der Waals surface area contributed by atoms with E-state index in [9.17, 15) is 0 Å². The number of aromatic nitrogens is 1. The maximum Gasteiger partial charge on any atom is 0.0378 e. The third-order valence-electron chi connectivity index (χ3n) is 2.08. The maximum absolute atomic E-state index is 4.31. The van der Waals surface area contributed by atoms with Crippen molar-refractivity contribution >= 4 is 12.6 Å². The van der Waals surface area contributed by atoms with E-state index in [-0.39, 0.29) is 0 Å². The van der Waals surface area contributed by atoms with E-state index in [0.29, 0.717) is 0 Å². The lowest BCUT2D eigenvalue weighted by atomic mass is 10.1. The highest BCUT2D eigenvalue weighted by molar-refractivity contribution is 7.80. The topological polar surface area (TPSA) is 12.9 Å². The van der Waals surface area contributed by atoms with Gasteiger partial charge in [-0.15, -0.1) is 12.6 Å². The van der Waals surface area contributed by atoms with Gasteiger partial charge in [-0.2, -0.15) is 0 Å². The fraction of sp³-hybridized carbons (Fsp3) is 0.0833. The second-order valence-electron chi connectivity index (χ2n) is 3.24. The summed E-state index contributed by atoms with van der Waals surface area (Å²) in [4.78, 5) is 5.15. The Morgan fingerprint density at radius 2 is 1.86 bits per heavy atom. The van der Waals surface area contributed by atoms with Gasteiger partial charge >= 0.3 is 0 Å². The first kappa shape index (κ1) is 9.28. The normalized spacial score (nSPS) is 10.1. The number of hydrogen-bond donors (Lipinski definition) is 1. The first-order valence-electron chi connectivity index (χ1n) is 4.48. The van der Waals surface area contributed by atoms with Gasteiger partial charge < -0.3 is 0 Å². The summed E-state index contributed by atoms with van der Waals surface area (Å²) in [5.41, 5.74) is 3.41. The molecule has 2 rings (SSSR count). The predicted molar refractivity (Wildman–Crippen MR) is 61.7 cm³/mol. The molecule has 0 fully saturated rings. The number of aryl methyl sites for hydroxylation is 1. The molecule has 1 nitrogen and oxygen atoms in total. The van der Waals surface area contributed by atoms with E-state index < -0.39 is 0 Å². The molecule has 0 unspecified atom stereocenters. The summed E-state index contributed by atoms with van der Waals surface area (Å²) in [5, 5.41) is 0. The van der Waals surface area contributed by atoms with Gasteiger partial charge in [0.1, 0.15) is 0 Å². The Balaban J connectivity index is 2.49. The van der Waals surface area contributed by atoms with Crippen LogP contribution in [0.1, 0.15) is 5.69 Å². The number of nitrogens with zero attached hydrogens (tertiary/aromatic N) is 1. The first-order chi connectivity index (χ1) is 6.75. The smallest absolute Gasteiger partial charge is 0.0378 e. The minimum Gasteiger partial charge on any atom is -0.262 e. The zero-order valence-corrected chi connectivity index (χ0v) is 8.83. The molecular weight excluding hydrogens is 190 g/mol. The van der Waals surface area contributed by atoms with Crippen LogP contribution in [0.4, 0.5) is 0 Å². The Bertz CT molecular complexity index is 408. The van der Waals surface area contributed by atoms with Gasteiger partial charge in [0, 0.05) is 16.8 Å². The molecule has 1 aromatic heterocycles. The maximum atomic E-state index is 4.31. The van der Waals surface area contributed by atoms with Crippen molar-refractivity contribution in [1.29, 1.82) is 0 Å². The molecule has 2 heteroatoms. The highest BCUT2D eigenvalue weighted by atomic mass is 32.1. The van der Waals surface area contributed by atoms with Crippen LogP contribution < -0.4 is 0 Å². The Kier molecular flexibility index (Phi) is 2.55. The summed E-state index contributed by atoms with van der Waals surface area (Å²) in [5.74, 6) is 0. The molecule has 0 bridgehead atoms. The van der Waals surface area contributed by atoms with Gasteiger partial charge in [-0.25, -0.2) is 0 Å². The first-order valence-corrected chi connectivity index (χ1v) is 4.92. The number of thiol groups is 1. The zero-order valence-electron chi connectivity index (χ0n) is 7.94. The molecule has 0 saturated heterocycles. The fourth-order valence-electron chi connectivity index (χ4n) is 1.41. The van der Waals surface area contributed by atoms with Crippen molar-refractivity contribution in [2.45, 2.75) is 11.8 Å². The highest BCUT2D eigenvalue weighted by Crippen LogP contribution is 2.21. The second kappa shape index (κ2) is 3.84. The molecule has 0 N–H and O–H groups in total. The Morgan fingerprint density at radius 1 is 1.07 bits per heavy atom. The molecule has 0 saturated carbocycles. The summed E-state index contributed by atoms with van der Waals surface area (Å²) >= 11 is 4.31. The third kappa shape index (κ3) is 1.96. The van der Waals surface area contributed by atoms with E-state index in [4.69, 9.17) is 0 Å². The minimum absolute atomic E-state index is 0.983. The molecular formula is C12H11NS. The molecule has 0 aliphatic rings. The molecule has 1 heterocycles. The lowest BCUT2D eigenvalue weighted by Gasteiger charge is -2.02. The van der Waals surface area contributed by atoms with Crippen molar-refractivity contribution in [3.63, 3.8) is 0 Å². The van der Waals surface area contributed by atoms with E-state index in [1.54, 1.807) is 0 Å². The van der Waals surface area contributed by atoms with Crippen LogP contribution in [0.2, 0.25) is 0 Å². The van der Waals surface area contributed by atoms with Crippen LogP contribution in [-0.2, 0) is 0 Å². The number of benzene rings is 1. The van der Waals surface area contributed by atoms with Gasteiger partial charge in [-0.3, -0.25) is 4.98 Å². The van der Waals surface area contributed by atoms with Crippen LogP contribution in [0.3, 0.4) is 0 Å². The van der Waals surface area contributed by atoms with Gasteiger partial charge in [0.25, 0.3) is 0 Å². The molecule has 0 radical (unpaired) electrons. The van der Waals surface area contributed by atoms with Crippen LogP contribution in [0.5, 0.6) is 0 Å². The Morgan fingerprint density at radius 3 is 2.57 bits per heavy atom. The standard InChI is InChI=1S/C12H11NS/c1-9-7-11(5-6-13-9)10-3-2-4-12(14)8-10/h2-8,14H,1H3. The summed E-state index contributed by atoms with van der Waals surface area (Å²) in [6.45, 7) is 1.99. The lowest BCUT2D eigenvalue weighted by molar-refractivity contribution is 1.20. The van der Waals surface area contributed by atoms with E-state index in [1.807, 2.05) is 31.3 Å². The Hall–Kier alpha value is -1.28. The summed E-state index contributed by atoms with van der Waals surface area (Å²) in [6.07, 6.45) is 1.83. The third-order valence-corrected chi connectivity index (χ3v) is 2.35. The molecule has 0 atom stereocenters. The van der Waals surface area contributed by atoms with Gasteiger partial charge in [0.15, 0.2) is 0 Å². The number of pyridine rings is 1. The largest absolute Gasteiger partial charge is 0.262 e. The molecule has 0 aliphatic carbocycles. The second-order valence-corrected chi connectivity index (χ2v) is 3.75. The molecule has 70 valence electrons. The molecule has 1 aromatic carbocycles. The number of rotatable bonds is 1. The zero-order chi connectivity index (χ0) is 9.97. The number of hydrogen-bond acceptors (Lipinski definition) is 2. The molecule has 0 amide bonds. The average molecular weight is 201 g/mol. The van der Waals surface area contributed by atoms with Crippen LogP contribution in [0, 0.1) is 6.92 Å². The predicted octanol–water partition coefficient (Wildman–Crippen LogP) is 3.35. The fourth-order valence-corrected chi connectivity index (χ4v) is 1.64. The van der Waals surface area contributed by atoms with E-state index in [2.05, 4.69) is 35.8 Å². The van der Waals surface area contributed by atoms with Gasteiger partial charge in [0.05, 0.1) is 0 Å². The molecule has 2 aromatic rings. The minimum atomic E-state index is 0.983. The van der Waals surface area contributed by atoms with Crippen LogP contribution >= 0.6 is 12.6 Å². The average Bonchev–Trinajstić information content (AvgIpc) is 2.18. The van der Waals surface area contributed by atoms with Gasteiger partial charge in [-0.05, 0) is 42.3 Å². The van der Waals surface area contributed by atoms with Gasteiger partial charge in [0.2, 0.25) is 0 Å². The van der Waals surface area contributed by atoms with Crippen molar-refractivity contribution in [2.75, 3.05) is 0 Å². The van der Waals surface area contributed by atoms with Gasteiger partial charge in [-0.1, -0.05) is 12.1 Å². The van der Waals surface area contributed by atoms with Crippen molar-refractivity contribution < 1.29 is 0 Å². The van der Waals surface area contributed by atoms with E-state index in [1.165, 1.54) is 11.1 Å². The summed E-state index contributed by atoms with van der Waals surface area (Å²) in [6, 6.07) is 12.2. The Labute approximate surface area is 89.2 Å². The van der Waals surface area contributed by atoms with E-state index in [0.717, 1.165) is 10.6 Å². The van der Waals surface area contributed by atoms with Crippen LogP contribution in [-0.4, -0.2) is 4.98 Å². The van der Waals surface area contributed by atoms with Crippen LogP contribution in [0.25, 0.3) is 11.1 Å². The SMILES string of the molecule is Cc1cc(-c2cccc(S)c2)ccn1. The van der Waals surface area contributed by atoms with Crippen molar-refractivity contribution in [3.8, 4) is 11.1 Å². The summed E-state index contributed by atoms with van der Waals surface area (Å²) < 4.78 is 0. The van der Waals surface area contributed by atoms with Crippen LogP contribution in [0.15, 0.2) is 47.5 Å².